The molecule has 0 aliphatic carbocycles. The standard InChI is InChI=1S/C9H18FO3P/c1-5-12-14(11,13-6-2)9(10)7-8(3)4/h7-8H,5-6H2,1-4H3/b9-7-. The highest BCUT2D eigenvalue weighted by Gasteiger charge is 2.30. The fraction of sp³-hybridized carbons (Fsp3) is 0.778. The van der Waals surface area contributed by atoms with Gasteiger partial charge in [-0.15, -0.1) is 0 Å². The zero-order chi connectivity index (χ0) is 11.2. The van der Waals surface area contributed by atoms with Gasteiger partial charge in [-0.3, -0.25) is 4.57 Å². The molecule has 5 heteroatoms. The van der Waals surface area contributed by atoms with Crippen LogP contribution in [0.4, 0.5) is 4.39 Å². The van der Waals surface area contributed by atoms with Crippen molar-refractivity contribution in [2.24, 2.45) is 5.92 Å². The summed E-state index contributed by atoms with van der Waals surface area (Å²) >= 11 is 0. The van der Waals surface area contributed by atoms with Crippen LogP contribution in [0.2, 0.25) is 0 Å². The summed E-state index contributed by atoms with van der Waals surface area (Å²) in [6.45, 7) is 7.21. The van der Waals surface area contributed by atoms with Gasteiger partial charge in [-0.05, 0) is 25.8 Å². The van der Waals surface area contributed by atoms with E-state index in [9.17, 15) is 8.96 Å². The monoisotopic (exact) mass is 224 g/mol. The summed E-state index contributed by atoms with van der Waals surface area (Å²) in [6, 6.07) is 0. The zero-order valence-electron chi connectivity index (χ0n) is 9.12. The van der Waals surface area contributed by atoms with Gasteiger partial charge in [-0.1, -0.05) is 13.8 Å². The van der Waals surface area contributed by atoms with E-state index in [1.807, 2.05) is 0 Å². The minimum absolute atomic E-state index is 0.0239. The van der Waals surface area contributed by atoms with Gasteiger partial charge in [0, 0.05) is 0 Å². The molecule has 0 unspecified atom stereocenters. The average Bonchev–Trinajstić information content (AvgIpc) is 2.03. The molecular formula is C9H18FO3P. The van der Waals surface area contributed by atoms with Gasteiger partial charge in [0.15, 0.2) is 0 Å². The topological polar surface area (TPSA) is 35.5 Å². The molecule has 0 aromatic rings. The molecule has 0 aliphatic heterocycles. The predicted molar refractivity (Wildman–Crippen MR) is 54.9 cm³/mol. The summed E-state index contributed by atoms with van der Waals surface area (Å²) in [6.07, 6.45) is 1.26. The Morgan fingerprint density at radius 3 is 2.07 bits per heavy atom. The molecule has 0 N–H and O–H groups in total. The van der Waals surface area contributed by atoms with Crippen LogP contribution in [0.1, 0.15) is 27.7 Å². The molecule has 0 aromatic carbocycles. The molecule has 0 amide bonds. The van der Waals surface area contributed by atoms with Gasteiger partial charge in [0.25, 0.3) is 0 Å². The second kappa shape index (κ2) is 6.33. The van der Waals surface area contributed by atoms with Crippen molar-refractivity contribution in [2.45, 2.75) is 27.7 Å². The molecule has 0 atom stereocenters. The van der Waals surface area contributed by atoms with E-state index in [1.165, 1.54) is 6.08 Å². The number of allylic oxidation sites excluding steroid dienone is 1. The van der Waals surface area contributed by atoms with Crippen LogP contribution < -0.4 is 0 Å². The van der Waals surface area contributed by atoms with Crippen molar-refractivity contribution in [1.82, 2.24) is 0 Å². The van der Waals surface area contributed by atoms with Gasteiger partial charge in [0.05, 0.1) is 13.2 Å². The van der Waals surface area contributed by atoms with E-state index in [0.29, 0.717) is 0 Å². The van der Waals surface area contributed by atoms with E-state index in [-0.39, 0.29) is 19.1 Å². The van der Waals surface area contributed by atoms with Crippen LogP contribution >= 0.6 is 7.60 Å². The number of hydrogen-bond donors (Lipinski definition) is 0. The van der Waals surface area contributed by atoms with Gasteiger partial charge in [0.2, 0.25) is 5.57 Å². The minimum Gasteiger partial charge on any atom is -0.304 e. The SMILES string of the molecule is CCOP(=O)(OCC)/C(F)=C\C(C)C. The molecule has 0 aromatic heterocycles. The Kier molecular flexibility index (Phi) is 6.25. The van der Waals surface area contributed by atoms with Crippen molar-refractivity contribution in [1.29, 1.82) is 0 Å². The van der Waals surface area contributed by atoms with Crippen molar-refractivity contribution < 1.29 is 18.0 Å². The highest BCUT2D eigenvalue weighted by atomic mass is 31.2. The maximum atomic E-state index is 13.4. The number of rotatable bonds is 6. The Balaban J connectivity index is 4.72. The lowest BCUT2D eigenvalue weighted by Gasteiger charge is -2.15. The minimum atomic E-state index is -3.67. The maximum Gasteiger partial charge on any atom is 0.389 e. The van der Waals surface area contributed by atoms with E-state index in [4.69, 9.17) is 9.05 Å². The lowest BCUT2D eigenvalue weighted by molar-refractivity contribution is 0.219. The van der Waals surface area contributed by atoms with E-state index < -0.39 is 13.2 Å². The number of hydrogen-bond acceptors (Lipinski definition) is 3. The normalized spacial score (nSPS) is 13.7. The third kappa shape index (κ3) is 4.36. The van der Waals surface area contributed by atoms with Crippen molar-refractivity contribution in [3.63, 3.8) is 0 Å². The van der Waals surface area contributed by atoms with E-state index in [2.05, 4.69) is 0 Å². The predicted octanol–water partition coefficient (Wildman–Crippen LogP) is 3.72. The molecule has 3 nitrogen and oxygen atoms in total. The van der Waals surface area contributed by atoms with Crippen LogP contribution in [0.15, 0.2) is 11.6 Å². The summed E-state index contributed by atoms with van der Waals surface area (Å²) in [5, 5.41) is 0. The summed E-state index contributed by atoms with van der Waals surface area (Å²) in [5.74, 6) is -0.0239. The van der Waals surface area contributed by atoms with Crippen molar-refractivity contribution in [3.05, 3.63) is 11.6 Å². The average molecular weight is 224 g/mol. The van der Waals surface area contributed by atoms with Crippen molar-refractivity contribution >= 4 is 7.60 Å². The van der Waals surface area contributed by atoms with Crippen LogP contribution in [0, 0.1) is 5.92 Å². The zero-order valence-corrected chi connectivity index (χ0v) is 10.0. The van der Waals surface area contributed by atoms with Crippen LogP contribution in [-0.4, -0.2) is 13.2 Å². The molecule has 0 bridgehead atoms. The maximum absolute atomic E-state index is 13.4. The van der Waals surface area contributed by atoms with E-state index in [0.717, 1.165) is 0 Å². The quantitative estimate of drug-likeness (QED) is 0.645. The van der Waals surface area contributed by atoms with Gasteiger partial charge < -0.3 is 9.05 Å². The molecule has 0 radical (unpaired) electrons. The molecule has 84 valence electrons. The van der Waals surface area contributed by atoms with Crippen LogP contribution in [0.5, 0.6) is 0 Å². The second-order valence-electron chi connectivity index (χ2n) is 3.07. The molecule has 0 aliphatic rings. The second-order valence-corrected chi connectivity index (χ2v) is 5.00. The van der Waals surface area contributed by atoms with E-state index >= 15 is 0 Å². The first kappa shape index (κ1) is 13.8. The summed E-state index contributed by atoms with van der Waals surface area (Å²) < 4.78 is 34.8. The third-order valence-corrected chi connectivity index (χ3v) is 3.20. The van der Waals surface area contributed by atoms with Gasteiger partial charge >= 0.3 is 7.60 Å². The Morgan fingerprint density at radius 2 is 1.79 bits per heavy atom. The highest BCUT2D eigenvalue weighted by Crippen LogP contribution is 2.56. The molecule has 0 saturated heterocycles. The summed E-state index contributed by atoms with van der Waals surface area (Å²) in [7, 11) is -3.67. The Hall–Kier alpha value is -0.180. The first-order chi connectivity index (χ1) is 6.46. The fourth-order valence-corrected chi connectivity index (χ4v) is 2.35. The Morgan fingerprint density at radius 1 is 1.36 bits per heavy atom. The lowest BCUT2D eigenvalue weighted by Crippen LogP contribution is -1.97. The molecule has 14 heavy (non-hydrogen) atoms. The summed E-state index contributed by atoms with van der Waals surface area (Å²) in [4.78, 5) is 0. The van der Waals surface area contributed by atoms with Crippen LogP contribution in [0.25, 0.3) is 0 Å². The molecular weight excluding hydrogens is 206 g/mol. The first-order valence-electron chi connectivity index (χ1n) is 4.73. The molecule has 0 fully saturated rings. The largest absolute Gasteiger partial charge is 0.389 e. The van der Waals surface area contributed by atoms with Gasteiger partial charge in [-0.2, -0.15) is 4.39 Å². The molecule has 0 saturated carbocycles. The third-order valence-electron chi connectivity index (χ3n) is 1.33. The van der Waals surface area contributed by atoms with Crippen molar-refractivity contribution in [2.75, 3.05) is 13.2 Å². The smallest absolute Gasteiger partial charge is 0.304 e. The van der Waals surface area contributed by atoms with Gasteiger partial charge in [-0.25, -0.2) is 0 Å². The molecule has 0 heterocycles. The summed E-state index contributed by atoms with van der Waals surface area (Å²) in [5.41, 5.74) is -0.795. The van der Waals surface area contributed by atoms with Gasteiger partial charge in [0.1, 0.15) is 0 Å². The van der Waals surface area contributed by atoms with Crippen molar-refractivity contribution in [3.8, 4) is 0 Å². The lowest BCUT2D eigenvalue weighted by atomic mass is 10.2. The van der Waals surface area contributed by atoms with E-state index in [1.54, 1.807) is 27.7 Å². The van der Waals surface area contributed by atoms with Crippen LogP contribution in [0.3, 0.4) is 0 Å². The Bertz CT molecular complexity index is 228. The first-order valence-corrected chi connectivity index (χ1v) is 6.27. The molecule has 0 spiro atoms. The fourth-order valence-electron chi connectivity index (χ4n) is 0.867. The number of halogens is 1. The Labute approximate surface area is 84.8 Å². The van der Waals surface area contributed by atoms with Crippen LogP contribution in [-0.2, 0) is 13.6 Å². The highest BCUT2D eigenvalue weighted by molar-refractivity contribution is 7.58. The molecule has 0 rings (SSSR count).